The highest BCUT2D eigenvalue weighted by Gasteiger charge is 2.01. The predicted octanol–water partition coefficient (Wildman–Crippen LogP) is 2.59. The van der Waals surface area contributed by atoms with Crippen LogP contribution in [0.1, 0.15) is 24.6 Å². The molecular weight excluding hydrogens is 226 g/mol. The van der Waals surface area contributed by atoms with Crippen molar-refractivity contribution in [2.24, 2.45) is 0 Å². The van der Waals surface area contributed by atoms with Crippen molar-refractivity contribution in [1.82, 2.24) is 9.55 Å². The smallest absolute Gasteiger partial charge is 0.224 e. The third kappa shape index (κ3) is 3.20. The number of carbonyl (C=O) groups is 1. The lowest BCUT2D eigenvalue weighted by Gasteiger charge is -2.07. The van der Waals surface area contributed by atoms with Gasteiger partial charge in [-0.2, -0.15) is 0 Å². The van der Waals surface area contributed by atoms with E-state index in [-0.39, 0.29) is 5.91 Å². The molecule has 18 heavy (non-hydrogen) atoms. The molecule has 0 saturated heterocycles. The van der Waals surface area contributed by atoms with Gasteiger partial charge in [0.25, 0.3) is 0 Å². The Hall–Kier alpha value is -2.10. The molecule has 4 heteroatoms. The molecule has 1 heterocycles. The zero-order chi connectivity index (χ0) is 13.0. The second kappa shape index (κ2) is 5.49. The third-order valence-electron chi connectivity index (χ3n) is 2.66. The molecule has 94 valence electrons. The Labute approximate surface area is 107 Å². The zero-order valence-electron chi connectivity index (χ0n) is 10.7. The summed E-state index contributed by atoms with van der Waals surface area (Å²) in [5.41, 5.74) is 2.99. The molecule has 0 saturated carbocycles. The van der Waals surface area contributed by atoms with E-state index >= 15 is 0 Å². The number of nitrogens with one attached hydrogen (secondary N) is 1. The molecule has 0 bridgehead atoms. The van der Waals surface area contributed by atoms with Crippen LogP contribution in [0.3, 0.4) is 0 Å². The van der Waals surface area contributed by atoms with Crippen molar-refractivity contribution in [3.63, 3.8) is 0 Å². The number of hydrogen-bond donors (Lipinski definition) is 1. The lowest BCUT2D eigenvalue weighted by Crippen LogP contribution is -2.09. The zero-order valence-corrected chi connectivity index (χ0v) is 10.7. The van der Waals surface area contributed by atoms with Crippen molar-refractivity contribution in [1.29, 1.82) is 0 Å². The number of carbonyl (C=O) groups excluding carboxylic acids is 1. The van der Waals surface area contributed by atoms with Crippen LogP contribution in [0.15, 0.2) is 36.8 Å². The maximum absolute atomic E-state index is 11.3. The number of aryl methyl sites for hydroxylation is 1. The molecule has 4 nitrogen and oxygen atoms in total. The van der Waals surface area contributed by atoms with Crippen LogP contribution in [0.2, 0.25) is 0 Å². The van der Waals surface area contributed by atoms with Gasteiger partial charge in [0.15, 0.2) is 0 Å². The maximum Gasteiger partial charge on any atom is 0.224 e. The van der Waals surface area contributed by atoms with Gasteiger partial charge in [-0.1, -0.05) is 19.1 Å². The molecule has 1 aromatic carbocycles. The van der Waals surface area contributed by atoms with E-state index in [4.69, 9.17) is 0 Å². The van der Waals surface area contributed by atoms with E-state index in [1.807, 2.05) is 55.2 Å². The highest BCUT2D eigenvalue weighted by Crippen LogP contribution is 2.12. The van der Waals surface area contributed by atoms with Crippen molar-refractivity contribution < 1.29 is 4.79 Å². The maximum atomic E-state index is 11.3. The number of rotatable bonds is 4. The quantitative estimate of drug-likeness (QED) is 0.897. The molecule has 2 rings (SSSR count). The van der Waals surface area contributed by atoms with Crippen LogP contribution in [0.5, 0.6) is 0 Å². The summed E-state index contributed by atoms with van der Waals surface area (Å²) in [5, 5.41) is 2.86. The van der Waals surface area contributed by atoms with Gasteiger partial charge in [-0.15, -0.1) is 0 Å². The molecule has 0 aliphatic rings. The Balaban J connectivity index is 2.09. The van der Waals surface area contributed by atoms with Crippen LogP contribution in [0.4, 0.5) is 5.69 Å². The Morgan fingerprint density at radius 3 is 2.94 bits per heavy atom. The number of benzene rings is 1. The lowest BCUT2D eigenvalue weighted by molar-refractivity contribution is -0.115. The van der Waals surface area contributed by atoms with Crippen LogP contribution in [-0.2, 0) is 11.3 Å². The Morgan fingerprint density at radius 2 is 2.28 bits per heavy atom. The van der Waals surface area contributed by atoms with Crippen molar-refractivity contribution in [3.05, 3.63) is 48.0 Å². The molecule has 0 aliphatic carbocycles. The largest absolute Gasteiger partial charge is 0.333 e. The van der Waals surface area contributed by atoms with Gasteiger partial charge in [-0.05, 0) is 24.6 Å². The molecule has 1 N–H and O–H groups in total. The average Bonchev–Trinajstić information content (AvgIpc) is 2.75. The fourth-order valence-electron chi connectivity index (χ4n) is 1.77. The first-order chi connectivity index (χ1) is 8.67. The van der Waals surface area contributed by atoms with E-state index in [9.17, 15) is 4.79 Å². The number of anilines is 1. The van der Waals surface area contributed by atoms with Crippen molar-refractivity contribution in [3.8, 4) is 0 Å². The molecule has 0 atom stereocenters. The second-order valence-corrected chi connectivity index (χ2v) is 4.29. The minimum absolute atomic E-state index is 0.0330. The van der Waals surface area contributed by atoms with Crippen LogP contribution >= 0.6 is 0 Å². The molecule has 0 fully saturated rings. The summed E-state index contributed by atoms with van der Waals surface area (Å²) < 4.78 is 2.02. The minimum Gasteiger partial charge on any atom is -0.333 e. The summed E-state index contributed by atoms with van der Waals surface area (Å²) in [4.78, 5) is 15.5. The van der Waals surface area contributed by atoms with Crippen LogP contribution in [0, 0.1) is 6.92 Å². The number of nitrogens with zero attached hydrogens (tertiary/aromatic N) is 2. The fourth-order valence-corrected chi connectivity index (χ4v) is 1.77. The van der Waals surface area contributed by atoms with Gasteiger partial charge < -0.3 is 9.88 Å². The molecular formula is C14H17N3O. The van der Waals surface area contributed by atoms with Crippen LogP contribution < -0.4 is 5.32 Å². The van der Waals surface area contributed by atoms with Gasteiger partial charge in [0.2, 0.25) is 5.91 Å². The van der Waals surface area contributed by atoms with Crippen LogP contribution in [-0.4, -0.2) is 15.5 Å². The van der Waals surface area contributed by atoms with Crippen LogP contribution in [0.25, 0.3) is 0 Å². The van der Waals surface area contributed by atoms with Gasteiger partial charge in [-0.3, -0.25) is 4.79 Å². The van der Waals surface area contributed by atoms with Gasteiger partial charge in [0.05, 0.1) is 12.0 Å². The topological polar surface area (TPSA) is 46.9 Å². The first-order valence-electron chi connectivity index (χ1n) is 6.04. The van der Waals surface area contributed by atoms with E-state index in [0.29, 0.717) is 6.42 Å². The number of aromatic nitrogens is 2. The first-order valence-corrected chi connectivity index (χ1v) is 6.04. The van der Waals surface area contributed by atoms with Gasteiger partial charge >= 0.3 is 0 Å². The molecule has 0 unspecified atom stereocenters. The van der Waals surface area contributed by atoms with E-state index in [1.54, 1.807) is 0 Å². The van der Waals surface area contributed by atoms with Crippen molar-refractivity contribution in [2.45, 2.75) is 26.8 Å². The minimum atomic E-state index is 0.0330. The standard InChI is InChI=1S/C14H17N3O/c1-3-14(18)16-13-6-4-5-12(7-13)9-17-8-11(2)15-10-17/h4-8,10H,3,9H2,1-2H3,(H,16,18). The lowest BCUT2D eigenvalue weighted by atomic mass is 10.2. The normalized spacial score (nSPS) is 10.3. The average molecular weight is 243 g/mol. The molecule has 2 aromatic rings. The third-order valence-corrected chi connectivity index (χ3v) is 2.66. The predicted molar refractivity (Wildman–Crippen MR) is 71.4 cm³/mol. The van der Waals surface area contributed by atoms with Crippen molar-refractivity contribution in [2.75, 3.05) is 5.32 Å². The molecule has 1 aromatic heterocycles. The second-order valence-electron chi connectivity index (χ2n) is 4.29. The van der Waals surface area contributed by atoms with E-state index in [1.165, 1.54) is 0 Å². The van der Waals surface area contributed by atoms with Gasteiger partial charge in [-0.25, -0.2) is 4.98 Å². The number of imidazole rings is 1. The fraction of sp³-hybridized carbons (Fsp3) is 0.286. The number of hydrogen-bond acceptors (Lipinski definition) is 2. The van der Waals surface area contributed by atoms with E-state index in [0.717, 1.165) is 23.5 Å². The highest BCUT2D eigenvalue weighted by molar-refractivity contribution is 5.90. The highest BCUT2D eigenvalue weighted by atomic mass is 16.1. The van der Waals surface area contributed by atoms with Gasteiger partial charge in [0, 0.05) is 24.8 Å². The molecule has 0 radical (unpaired) electrons. The monoisotopic (exact) mass is 243 g/mol. The SMILES string of the molecule is CCC(=O)Nc1cccc(Cn2cnc(C)c2)c1. The summed E-state index contributed by atoms with van der Waals surface area (Å²) in [5.74, 6) is 0.0330. The summed E-state index contributed by atoms with van der Waals surface area (Å²) in [7, 11) is 0. The Morgan fingerprint density at radius 1 is 1.44 bits per heavy atom. The summed E-state index contributed by atoms with van der Waals surface area (Å²) in [6, 6.07) is 7.88. The Bertz CT molecular complexity index is 545. The first kappa shape index (κ1) is 12.4. The van der Waals surface area contributed by atoms with E-state index in [2.05, 4.69) is 10.3 Å². The summed E-state index contributed by atoms with van der Waals surface area (Å²) in [6.07, 6.45) is 4.30. The molecule has 0 aliphatic heterocycles. The van der Waals surface area contributed by atoms with Crippen molar-refractivity contribution >= 4 is 11.6 Å². The van der Waals surface area contributed by atoms with E-state index < -0.39 is 0 Å². The molecule has 1 amide bonds. The molecule has 0 spiro atoms. The summed E-state index contributed by atoms with van der Waals surface area (Å²) in [6.45, 7) is 4.57. The Kier molecular flexibility index (Phi) is 3.77. The number of amides is 1. The van der Waals surface area contributed by atoms with Gasteiger partial charge in [0.1, 0.15) is 0 Å². The summed E-state index contributed by atoms with van der Waals surface area (Å²) >= 11 is 0.